The van der Waals surface area contributed by atoms with Gasteiger partial charge in [-0.05, 0) is 26.4 Å². The largest absolute Gasteiger partial charge is 0.383 e. The van der Waals surface area contributed by atoms with E-state index in [0.29, 0.717) is 13.2 Å². The van der Waals surface area contributed by atoms with E-state index in [1.165, 1.54) is 0 Å². The van der Waals surface area contributed by atoms with Gasteiger partial charge in [-0.3, -0.25) is 9.69 Å². The molecule has 17 heavy (non-hydrogen) atoms. The summed E-state index contributed by atoms with van der Waals surface area (Å²) < 4.78 is 5.13. The molecule has 0 aliphatic rings. The van der Waals surface area contributed by atoms with Crippen molar-refractivity contribution in [2.75, 3.05) is 33.4 Å². The normalized spacial score (nSPS) is 14.9. The number of hydrogen-bond acceptors (Lipinski definition) is 4. The average Bonchev–Trinajstić information content (AvgIpc) is 2.29. The fourth-order valence-corrected chi connectivity index (χ4v) is 1.78. The maximum absolute atomic E-state index is 11.3. The van der Waals surface area contributed by atoms with Crippen LogP contribution in [-0.2, 0) is 9.53 Å². The number of rotatable bonds is 10. The fourth-order valence-electron chi connectivity index (χ4n) is 1.78. The molecule has 0 bridgehead atoms. The topological polar surface area (TPSA) is 67.6 Å². The fraction of sp³-hybridized carbons (Fsp3) is 0.917. The summed E-state index contributed by atoms with van der Waals surface area (Å²) in [6.45, 7) is 9.21. The van der Waals surface area contributed by atoms with Gasteiger partial charge in [-0.2, -0.15) is 0 Å². The van der Waals surface area contributed by atoms with E-state index < -0.39 is 0 Å². The number of hydrogen-bond donors (Lipinski definition) is 2. The third-order valence-corrected chi connectivity index (χ3v) is 2.84. The zero-order valence-corrected chi connectivity index (χ0v) is 11.5. The predicted octanol–water partition coefficient (Wildman–Crippen LogP) is 0.197. The highest BCUT2D eigenvalue weighted by molar-refractivity contribution is 5.80. The third-order valence-electron chi connectivity index (χ3n) is 2.84. The number of primary amides is 1. The Morgan fingerprint density at radius 1 is 1.47 bits per heavy atom. The molecule has 0 fully saturated rings. The highest BCUT2D eigenvalue weighted by Gasteiger charge is 2.20. The number of nitrogens with two attached hydrogens (primary N) is 1. The molecule has 5 heteroatoms. The van der Waals surface area contributed by atoms with Crippen LogP contribution in [0.3, 0.4) is 0 Å². The van der Waals surface area contributed by atoms with Crippen LogP contribution < -0.4 is 11.1 Å². The van der Waals surface area contributed by atoms with Crippen molar-refractivity contribution in [3.8, 4) is 0 Å². The highest BCUT2D eigenvalue weighted by Crippen LogP contribution is 2.01. The number of nitrogens with one attached hydrogen (secondary N) is 1. The van der Waals surface area contributed by atoms with E-state index in [1.807, 2.05) is 0 Å². The first kappa shape index (κ1) is 16.4. The van der Waals surface area contributed by atoms with Gasteiger partial charge in [-0.25, -0.2) is 0 Å². The van der Waals surface area contributed by atoms with Gasteiger partial charge < -0.3 is 15.8 Å². The Kier molecular flexibility index (Phi) is 9.03. The van der Waals surface area contributed by atoms with Crippen LogP contribution in [-0.4, -0.2) is 56.2 Å². The van der Waals surface area contributed by atoms with E-state index >= 15 is 0 Å². The van der Waals surface area contributed by atoms with Crippen molar-refractivity contribution in [3.63, 3.8) is 0 Å². The van der Waals surface area contributed by atoms with Gasteiger partial charge in [-0.1, -0.05) is 13.8 Å². The van der Waals surface area contributed by atoms with Gasteiger partial charge in [0.2, 0.25) is 5.91 Å². The molecule has 0 saturated heterocycles. The van der Waals surface area contributed by atoms with Crippen LogP contribution in [0.4, 0.5) is 0 Å². The minimum atomic E-state index is -0.290. The van der Waals surface area contributed by atoms with Crippen molar-refractivity contribution in [2.45, 2.75) is 39.3 Å². The molecule has 5 nitrogen and oxygen atoms in total. The van der Waals surface area contributed by atoms with Crippen molar-refractivity contribution >= 4 is 5.91 Å². The lowest BCUT2D eigenvalue weighted by molar-refractivity contribution is -0.120. The monoisotopic (exact) mass is 245 g/mol. The zero-order valence-electron chi connectivity index (χ0n) is 11.5. The molecule has 3 N–H and O–H groups in total. The maximum atomic E-state index is 11.3. The number of carbonyl (C=O) groups is 1. The highest BCUT2D eigenvalue weighted by atomic mass is 16.5. The predicted molar refractivity (Wildman–Crippen MR) is 69.9 cm³/mol. The van der Waals surface area contributed by atoms with Crippen LogP contribution in [0.5, 0.6) is 0 Å². The first-order valence-corrected chi connectivity index (χ1v) is 6.32. The van der Waals surface area contributed by atoms with Gasteiger partial charge in [0.25, 0.3) is 0 Å². The number of methoxy groups -OCH3 is 1. The lowest BCUT2D eigenvalue weighted by atomic mass is 10.2. The van der Waals surface area contributed by atoms with Crippen molar-refractivity contribution in [1.82, 2.24) is 10.2 Å². The Bertz CT molecular complexity index is 212. The molecular formula is C12H27N3O2. The molecule has 0 aromatic heterocycles. The van der Waals surface area contributed by atoms with Crippen molar-refractivity contribution < 1.29 is 9.53 Å². The Labute approximate surface area is 105 Å². The molecule has 2 unspecified atom stereocenters. The second-order valence-corrected chi connectivity index (χ2v) is 4.30. The molecule has 0 aromatic carbocycles. The number of likely N-dealkylation sites (N-methyl/N-ethyl adjacent to an activating group) is 1. The molecule has 0 rings (SSSR count). The van der Waals surface area contributed by atoms with Crippen molar-refractivity contribution in [3.05, 3.63) is 0 Å². The summed E-state index contributed by atoms with van der Waals surface area (Å²) in [6.07, 6.45) is 0.990. The summed E-state index contributed by atoms with van der Waals surface area (Å²) >= 11 is 0. The third kappa shape index (κ3) is 6.61. The molecule has 0 spiro atoms. The van der Waals surface area contributed by atoms with Gasteiger partial charge in [0.15, 0.2) is 0 Å². The number of nitrogens with zero attached hydrogens (tertiary/aromatic N) is 1. The molecule has 0 aliphatic heterocycles. The summed E-state index contributed by atoms with van der Waals surface area (Å²) in [4.78, 5) is 13.5. The van der Waals surface area contributed by atoms with E-state index in [-0.39, 0.29) is 18.0 Å². The maximum Gasteiger partial charge on any atom is 0.235 e. The summed E-state index contributed by atoms with van der Waals surface area (Å²) in [7, 11) is 1.69. The second kappa shape index (κ2) is 9.39. The van der Waals surface area contributed by atoms with Gasteiger partial charge in [0.05, 0.1) is 12.6 Å². The van der Waals surface area contributed by atoms with Gasteiger partial charge in [-0.15, -0.1) is 0 Å². The summed E-state index contributed by atoms with van der Waals surface area (Å²) in [5.74, 6) is -0.290. The smallest absolute Gasteiger partial charge is 0.235 e. The lowest BCUT2D eigenvalue weighted by Gasteiger charge is -2.30. The first-order valence-electron chi connectivity index (χ1n) is 6.32. The van der Waals surface area contributed by atoms with E-state index in [9.17, 15) is 4.79 Å². The summed E-state index contributed by atoms with van der Waals surface area (Å²) in [5.41, 5.74) is 5.40. The molecule has 1 amide bonds. The molecule has 0 aliphatic carbocycles. The molecule has 0 radical (unpaired) electrons. The van der Waals surface area contributed by atoms with Crippen LogP contribution in [0.25, 0.3) is 0 Å². The van der Waals surface area contributed by atoms with Crippen LogP contribution >= 0.6 is 0 Å². The van der Waals surface area contributed by atoms with Crippen molar-refractivity contribution in [1.29, 1.82) is 0 Å². The summed E-state index contributed by atoms with van der Waals surface area (Å²) in [6, 6.07) is 0.00415. The van der Waals surface area contributed by atoms with E-state index in [0.717, 1.165) is 19.5 Å². The SMILES string of the molecule is CCCNC(CN(CC)C(C)COC)C(N)=O. The Hall–Kier alpha value is -0.650. The zero-order chi connectivity index (χ0) is 13.3. The van der Waals surface area contributed by atoms with Crippen LogP contribution in [0.15, 0.2) is 0 Å². The molecule has 102 valence electrons. The summed E-state index contributed by atoms with van der Waals surface area (Å²) in [5, 5.41) is 3.17. The molecule has 0 saturated carbocycles. The van der Waals surface area contributed by atoms with Crippen LogP contribution in [0.2, 0.25) is 0 Å². The minimum absolute atomic E-state index is 0.283. The van der Waals surface area contributed by atoms with Gasteiger partial charge in [0.1, 0.15) is 0 Å². The molecule has 0 heterocycles. The molecule has 2 atom stereocenters. The van der Waals surface area contributed by atoms with Crippen molar-refractivity contribution in [2.24, 2.45) is 5.73 Å². The standard InChI is InChI=1S/C12H27N3O2/c1-5-7-14-11(12(13)16)8-15(6-2)10(3)9-17-4/h10-11,14H,5-9H2,1-4H3,(H2,13,16). The quantitative estimate of drug-likeness (QED) is 0.577. The lowest BCUT2D eigenvalue weighted by Crippen LogP contribution is -2.51. The number of amides is 1. The van der Waals surface area contributed by atoms with E-state index in [2.05, 4.69) is 31.0 Å². The first-order chi connectivity index (χ1) is 8.06. The molecular weight excluding hydrogens is 218 g/mol. The number of ether oxygens (including phenoxy) is 1. The molecule has 0 aromatic rings. The van der Waals surface area contributed by atoms with Gasteiger partial charge >= 0.3 is 0 Å². The second-order valence-electron chi connectivity index (χ2n) is 4.30. The van der Waals surface area contributed by atoms with Crippen LogP contribution in [0.1, 0.15) is 27.2 Å². The Morgan fingerprint density at radius 3 is 2.53 bits per heavy atom. The minimum Gasteiger partial charge on any atom is -0.383 e. The Morgan fingerprint density at radius 2 is 2.12 bits per heavy atom. The van der Waals surface area contributed by atoms with E-state index in [1.54, 1.807) is 7.11 Å². The number of carbonyl (C=O) groups excluding carboxylic acids is 1. The average molecular weight is 245 g/mol. The Balaban J connectivity index is 4.31. The van der Waals surface area contributed by atoms with Gasteiger partial charge in [0, 0.05) is 19.7 Å². The van der Waals surface area contributed by atoms with Crippen LogP contribution in [0, 0.1) is 0 Å². The van der Waals surface area contributed by atoms with E-state index in [4.69, 9.17) is 10.5 Å².